The van der Waals surface area contributed by atoms with Gasteiger partial charge in [0.15, 0.2) is 5.96 Å². The molecule has 3 aliphatic rings. The fourth-order valence-electron chi connectivity index (χ4n) is 3.93. The van der Waals surface area contributed by atoms with Gasteiger partial charge in [-0.15, -0.1) is 24.0 Å². The fourth-order valence-corrected chi connectivity index (χ4v) is 4.28. The minimum Gasteiger partial charge on any atom is -0.480 e. The fraction of sp³-hybridized carbons (Fsp3) is 0.722. The minimum absolute atomic E-state index is 0. The molecule has 7 nitrogen and oxygen atoms in total. The van der Waals surface area contributed by atoms with Gasteiger partial charge >= 0.3 is 0 Å². The molecule has 0 amide bonds. The lowest BCUT2D eigenvalue weighted by molar-refractivity contribution is 0.355. The number of guanidine groups is 1. The Morgan fingerprint density at radius 3 is 2.59 bits per heavy atom. The molecule has 0 unspecified atom stereocenters. The zero-order valence-corrected chi connectivity index (χ0v) is 19.9. The second-order valence-corrected chi connectivity index (χ2v) is 8.39. The first-order valence-electron chi connectivity index (χ1n) is 9.42. The van der Waals surface area contributed by atoms with Gasteiger partial charge < -0.3 is 19.9 Å². The Bertz CT molecular complexity index is 686. The summed E-state index contributed by atoms with van der Waals surface area (Å²) in [4.78, 5) is 18.0. The molecule has 2 heterocycles. The summed E-state index contributed by atoms with van der Waals surface area (Å²) in [5, 5.41) is 3.64. The Balaban J connectivity index is 0.00000210. The maximum absolute atomic E-state index is 5.28. The summed E-state index contributed by atoms with van der Waals surface area (Å²) in [7, 11) is 3.51. The average molecular weight is 551 g/mol. The third kappa shape index (κ3) is 4.60. The highest BCUT2D eigenvalue weighted by Crippen LogP contribution is 2.60. The molecule has 0 atom stereocenters. The van der Waals surface area contributed by atoms with Crippen molar-refractivity contribution in [3.05, 3.63) is 10.7 Å². The summed E-state index contributed by atoms with van der Waals surface area (Å²) in [5.41, 5.74) is 0.583. The molecule has 0 spiro atoms. The summed E-state index contributed by atoms with van der Waals surface area (Å²) in [6, 6.07) is 0. The van der Waals surface area contributed by atoms with Crippen LogP contribution in [-0.4, -0.2) is 67.7 Å². The molecule has 3 fully saturated rings. The monoisotopic (exact) mass is 550 g/mol. The van der Waals surface area contributed by atoms with Crippen LogP contribution in [0.2, 0.25) is 0 Å². The Morgan fingerprint density at radius 1 is 1.33 bits per heavy atom. The molecule has 1 aliphatic heterocycles. The van der Waals surface area contributed by atoms with Gasteiger partial charge in [0, 0.05) is 39.8 Å². The first-order valence-corrected chi connectivity index (χ1v) is 10.2. The molecule has 2 saturated carbocycles. The van der Waals surface area contributed by atoms with E-state index in [1.165, 1.54) is 25.7 Å². The van der Waals surface area contributed by atoms with E-state index >= 15 is 0 Å². The van der Waals surface area contributed by atoms with Gasteiger partial charge in [0.25, 0.3) is 0 Å². The van der Waals surface area contributed by atoms with Crippen molar-refractivity contribution in [2.45, 2.75) is 25.7 Å². The number of hydrogen-bond acceptors (Lipinski definition) is 5. The number of ether oxygens (including phenoxy) is 1. The molecule has 27 heavy (non-hydrogen) atoms. The van der Waals surface area contributed by atoms with Crippen LogP contribution >= 0.6 is 39.9 Å². The van der Waals surface area contributed by atoms with Crippen LogP contribution in [0, 0.1) is 11.3 Å². The summed E-state index contributed by atoms with van der Waals surface area (Å²) < 4.78 is 6.06. The highest BCUT2D eigenvalue weighted by molar-refractivity contribution is 14.0. The van der Waals surface area contributed by atoms with Crippen molar-refractivity contribution in [1.82, 2.24) is 20.2 Å². The van der Waals surface area contributed by atoms with Gasteiger partial charge in [-0.05, 0) is 52.9 Å². The Labute approximate surface area is 186 Å². The number of rotatable bonds is 5. The van der Waals surface area contributed by atoms with Crippen molar-refractivity contribution in [1.29, 1.82) is 0 Å². The highest BCUT2D eigenvalue weighted by atomic mass is 127. The maximum Gasteiger partial charge on any atom is 0.232 e. The quantitative estimate of drug-likeness (QED) is 0.345. The number of nitrogens with one attached hydrogen (secondary N) is 1. The van der Waals surface area contributed by atoms with E-state index in [0.717, 1.165) is 55.0 Å². The summed E-state index contributed by atoms with van der Waals surface area (Å²) >= 11 is 3.40. The topological polar surface area (TPSA) is 65.9 Å². The van der Waals surface area contributed by atoms with Gasteiger partial charge in [0.05, 0.1) is 17.8 Å². The summed E-state index contributed by atoms with van der Waals surface area (Å²) in [5.74, 6) is 3.29. The van der Waals surface area contributed by atoms with Crippen LogP contribution in [0.3, 0.4) is 0 Å². The summed E-state index contributed by atoms with van der Waals surface area (Å²) in [6.07, 6.45) is 7.38. The Hall–Kier alpha value is -0.840. The smallest absolute Gasteiger partial charge is 0.232 e. The maximum atomic E-state index is 5.28. The van der Waals surface area contributed by atoms with Crippen LogP contribution in [0.25, 0.3) is 0 Å². The van der Waals surface area contributed by atoms with Gasteiger partial charge in [-0.25, -0.2) is 4.98 Å². The zero-order chi connectivity index (χ0) is 18.1. The predicted octanol–water partition coefficient (Wildman–Crippen LogP) is 2.75. The lowest BCUT2D eigenvalue weighted by Crippen LogP contribution is -2.53. The molecule has 150 valence electrons. The van der Waals surface area contributed by atoms with E-state index in [9.17, 15) is 0 Å². The lowest BCUT2D eigenvalue weighted by Gasteiger charge is -2.37. The van der Waals surface area contributed by atoms with Gasteiger partial charge in [0.1, 0.15) is 0 Å². The van der Waals surface area contributed by atoms with Crippen molar-refractivity contribution >= 4 is 51.8 Å². The molecule has 1 saturated heterocycles. The van der Waals surface area contributed by atoms with E-state index in [1.807, 2.05) is 7.05 Å². The van der Waals surface area contributed by atoms with E-state index < -0.39 is 0 Å². The zero-order valence-electron chi connectivity index (χ0n) is 15.9. The minimum atomic E-state index is 0. The number of nitrogens with zero attached hydrogens (tertiary/aromatic N) is 5. The van der Waals surface area contributed by atoms with Crippen LogP contribution < -0.4 is 15.0 Å². The van der Waals surface area contributed by atoms with E-state index in [4.69, 9.17) is 4.74 Å². The van der Waals surface area contributed by atoms with Crippen LogP contribution in [0.5, 0.6) is 5.88 Å². The third-order valence-electron chi connectivity index (χ3n) is 5.90. The molecular formula is C18H28BrIN6O. The number of halogens is 2. The van der Waals surface area contributed by atoms with Crippen LogP contribution in [0.15, 0.2) is 15.7 Å². The number of methoxy groups -OCH3 is 1. The first-order chi connectivity index (χ1) is 12.6. The van der Waals surface area contributed by atoms with Gasteiger partial charge in [-0.2, -0.15) is 4.98 Å². The first kappa shape index (κ1) is 20.9. The number of aliphatic imine (C=N–C) groups is 1. The standard InChI is InChI=1S/C18H27BrN6O.HI/c1-20-16(22-12-18(5-6-18)13-3-4-13)24-7-9-25(10-8-24)17-21-11-14(19)15(23-17)26-2;/h11,13H,3-10,12H2,1-2H3,(H,20,22);1H. The van der Waals surface area contributed by atoms with E-state index in [1.54, 1.807) is 13.3 Å². The van der Waals surface area contributed by atoms with Crippen molar-refractivity contribution < 1.29 is 4.74 Å². The number of anilines is 1. The van der Waals surface area contributed by atoms with Crippen LogP contribution in [0.1, 0.15) is 25.7 Å². The lowest BCUT2D eigenvalue weighted by atomic mass is 10.0. The van der Waals surface area contributed by atoms with Crippen LogP contribution in [-0.2, 0) is 0 Å². The van der Waals surface area contributed by atoms with Crippen LogP contribution in [0.4, 0.5) is 5.95 Å². The third-order valence-corrected chi connectivity index (χ3v) is 6.44. The SMILES string of the molecule is CN=C(NCC1(C2CC2)CC1)N1CCN(c2ncc(Br)c(OC)n2)CC1.I. The average Bonchev–Trinajstić information content (AvgIpc) is 3.56. The Kier molecular flexibility index (Phi) is 6.70. The molecule has 4 rings (SSSR count). The number of aromatic nitrogens is 2. The van der Waals surface area contributed by atoms with Crippen molar-refractivity contribution in [3.8, 4) is 5.88 Å². The molecule has 1 N–H and O–H groups in total. The van der Waals surface area contributed by atoms with Crippen molar-refractivity contribution in [2.75, 3.05) is 51.8 Å². The van der Waals surface area contributed by atoms with E-state index in [2.05, 4.69) is 46.0 Å². The largest absolute Gasteiger partial charge is 0.480 e. The predicted molar refractivity (Wildman–Crippen MR) is 121 cm³/mol. The molecule has 2 aliphatic carbocycles. The molecule has 0 aromatic carbocycles. The van der Waals surface area contributed by atoms with Gasteiger partial charge in [-0.1, -0.05) is 0 Å². The van der Waals surface area contributed by atoms with Crippen molar-refractivity contribution in [2.24, 2.45) is 16.3 Å². The molecule has 1 aromatic heterocycles. The normalized spacial score (nSPS) is 21.5. The van der Waals surface area contributed by atoms with E-state index in [-0.39, 0.29) is 24.0 Å². The summed E-state index contributed by atoms with van der Waals surface area (Å²) in [6.45, 7) is 4.66. The van der Waals surface area contributed by atoms with E-state index in [0.29, 0.717) is 11.3 Å². The highest BCUT2D eigenvalue weighted by Gasteiger charge is 2.53. The van der Waals surface area contributed by atoms with Gasteiger partial charge in [0.2, 0.25) is 11.8 Å². The molecular weight excluding hydrogens is 523 g/mol. The number of hydrogen-bond donors (Lipinski definition) is 1. The van der Waals surface area contributed by atoms with Gasteiger partial charge in [-0.3, -0.25) is 4.99 Å². The molecule has 0 radical (unpaired) electrons. The molecule has 0 bridgehead atoms. The second kappa shape index (κ2) is 8.67. The molecule has 1 aromatic rings. The Morgan fingerprint density at radius 2 is 2.04 bits per heavy atom. The number of piperazine rings is 1. The molecule has 9 heteroatoms. The second-order valence-electron chi connectivity index (χ2n) is 7.54. The van der Waals surface area contributed by atoms with Crippen molar-refractivity contribution in [3.63, 3.8) is 0 Å².